The molecule has 1 aliphatic rings. The van der Waals surface area contributed by atoms with Gasteiger partial charge in [0.1, 0.15) is 5.75 Å². The van der Waals surface area contributed by atoms with E-state index in [-0.39, 0.29) is 5.91 Å². The Kier molecular flexibility index (Phi) is 3.56. The molecule has 0 N–H and O–H groups in total. The van der Waals surface area contributed by atoms with Crippen molar-refractivity contribution >= 4 is 40.5 Å². The molecule has 2 aromatic rings. The van der Waals surface area contributed by atoms with Gasteiger partial charge < -0.3 is 4.74 Å². The van der Waals surface area contributed by atoms with Gasteiger partial charge in [-0.15, -0.1) is 0 Å². The van der Waals surface area contributed by atoms with Crippen molar-refractivity contribution in [2.45, 2.75) is 13.3 Å². The first-order valence-electron chi connectivity index (χ1n) is 6.47. The molecule has 3 nitrogen and oxygen atoms in total. The molecule has 2 aromatic carbocycles. The SMILES string of the molecule is COc1ccc2c(c1)CC(=O)N2c1ccc(Cl)c(C)c1Cl. The van der Waals surface area contributed by atoms with E-state index in [4.69, 9.17) is 27.9 Å². The Balaban J connectivity index is 2.13. The molecular formula is C16H13Cl2NO2. The number of nitrogens with zero attached hydrogens (tertiary/aromatic N) is 1. The third-order valence-corrected chi connectivity index (χ3v) is 4.55. The molecular weight excluding hydrogens is 309 g/mol. The van der Waals surface area contributed by atoms with Gasteiger partial charge in [0.2, 0.25) is 5.91 Å². The highest BCUT2D eigenvalue weighted by atomic mass is 35.5. The molecule has 0 unspecified atom stereocenters. The molecule has 108 valence electrons. The summed E-state index contributed by atoms with van der Waals surface area (Å²) in [4.78, 5) is 14.0. The van der Waals surface area contributed by atoms with E-state index >= 15 is 0 Å². The highest BCUT2D eigenvalue weighted by molar-refractivity contribution is 6.38. The van der Waals surface area contributed by atoms with E-state index in [1.54, 1.807) is 24.1 Å². The quantitative estimate of drug-likeness (QED) is 0.813. The average Bonchev–Trinajstić information content (AvgIpc) is 2.80. The van der Waals surface area contributed by atoms with E-state index in [0.29, 0.717) is 22.2 Å². The first-order chi connectivity index (χ1) is 10.0. The number of benzene rings is 2. The predicted octanol–water partition coefficient (Wildman–Crippen LogP) is 4.53. The number of ether oxygens (including phenoxy) is 1. The van der Waals surface area contributed by atoms with Gasteiger partial charge in [-0.3, -0.25) is 9.69 Å². The van der Waals surface area contributed by atoms with Gasteiger partial charge in [0.15, 0.2) is 0 Å². The summed E-state index contributed by atoms with van der Waals surface area (Å²) in [5, 5.41) is 1.09. The summed E-state index contributed by atoms with van der Waals surface area (Å²) in [6.07, 6.45) is 0.338. The van der Waals surface area contributed by atoms with Crippen molar-refractivity contribution in [3.63, 3.8) is 0 Å². The lowest BCUT2D eigenvalue weighted by Gasteiger charge is -2.20. The van der Waals surface area contributed by atoms with Crippen LogP contribution in [-0.2, 0) is 11.2 Å². The monoisotopic (exact) mass is 321 g/mol. The zero-order valence-electron chi connectivity index (χ0n) is 11.6. The number of carbonyl (C=O) groups is 1. The van der Waals surface area contributed by atoms with Crippen molar-refractivity contribution in [3.8, 4) is 5.75 Å². The van der Waals surface area contributed by atoms with Crippen LogP contribution >= 0.6 is 23.2 Å². The summed E-state index contributed by atoms with van der Waals surface area (Å²) < 4.78 is 5.20. The van der Waals surface area contributed by atoms with Crippen LogP contribution in [0.5, 0.6) is 5.75 Å². The lowest BCUT2D eigenvalue weighted by atomic mass is 10.1. The molecule has 0 aliphatic carbocycles. The van der Waals surface area contributed by atoms with Crippen LogP contribution in [0.2, 0.25) is 10.0 Å². The zero-order valence-corrected chi connectivity index (χ0v) is 13.1. The van der Waals surface area contributed by atoms with Gasteiger partial charge in [-0.05, 0) is 48.4 Å². The maximum absolute atomic E-state index is 12.4. The predicted molar refractivity (Wildman–Crippen MR) is 85.0 cm³/mol. The number of anilines is 2. The van der Waals surface area contributed by atoms with Gasteiger partial charge >= 0.3 is 0 Å². The number of fused-ring (bicyclic) bond motifs is 1. The fourth-order valence-electron chi connectivity index (χ4n) is 2.51. The van der Waals surface area contributed by atoms with E-state index < -0.39 is 0 Å². The first-order valence-corrected chi connectivity index (χ1v) is 7.23. The third kappa shape index (κ3) is 2.27. The van der Waals surface area contributed by atoms with Gasteiger partial charge in [-0.2, -0.15) is 0 Å². The van der Waals surface area contributed by atoms with Gasteiger partial charge in [-0.1, -0.05) is 23.2 Å². The summed E-state index contributed by atoms with van der Waals surface area (Å²) in [6.45, 7) is 1.84. The van der Waals surface area contributed by atoms with Gasteiger partial charge in [0, 0.05) is 5.02 Å². The fraction of sp³-hybridized carbons (Fsp3) is 0.188. The summed E-state index contributed by atoms with van der Waals surface area (Å²) >= 11 is 12.4. The molecule has 0 aromatic heterocycles. The molecule has 0 atom stereocenters. The second-order valence-corrected chi connectivity index (χ2v) is 5.69. The largest absolute Gasteiger partial charge is 0.497 e. The number of hydrogen-bond acceptors (Lipinski definition) is 2. The minimum absolute atomic E-state index is 0.0122. The van der Waals surface area contributed by atoms with Crippen LogP contribution in [0.3, 0.4) is 0 Å². The molecule has 0 saturated carbocycles. The standard InChI is InChI=1S/C16H13Cl2NO2/c1-9-12(17)4-6-14(16(9)18)19-13-5-3-11(21-2)7-10(13)8-15(19)20/h3-7H,8H2,1-2H3. The molecule has 1 heterocycles. The van der Waals surface area contributed by atoms with Crippen molar-refractivity contribution in [1.82, 2.24) is 0 Å². The van der Waals surface area contributed by atoms with Crippen molar-refractivity contribution in [1.29, 1.82) is 0 Å². The van der Waals surface area contributed by atoms with Crippen LogP contribution in [0.25, 0.3) is 0 Å². The van der Waals surface area contributed by atoms with Gasteiger partial charge in [0.05, 0.1) is 29.9 Å². The lowest BCUT2D eigenvalue weighted by Crippen LogP contribution is -2.21. The summed E-state index contributed by atoms with van der Waals surface area (Å²) in [6, 6.07) is 9.12. The molecule has 0 radical (unpaired) electrons. The molecule has 0 fully saturated rings. The summed E-state index contributed by atoms with van der Waals surface area (Å²) in [5.74, 6) is 0.726. The minimum atomic E-state index is -0.0122. The molecule has 3 rings (SSSR count). The second kappa shape index (κ2) is 5.24. The van der Waals surface area contributed by atoms with Crippen LogP contribution in [0, 0.1) is 6.92 Å². The Morgan fingerprint density at radius 1 is 1.14 bits per heavy atom. The third-order valence-electron chi connectivity index (χ3n) is 3.66. The van der Waals surface area contributed by atoms with Gasteiger partial charge in [-0.25, -0.2) is 0 Å². The number of carbonyl (C=O) groups excluding carboxylic acids is 1. The van der Waals surface area contributed by atoms with Crippen molar-refractivity contribution in [2.75, 3.05) is 12.0 Å². The average molecular weight is 322 g/mol. The minimum Gasteiger partial charge on any atom is -0.497 e. The zero-order chi connectivity index (χ0) is 15.1. The topological polar surface area (TPSA) is 29.5 Å². The van der Waals surface area contributed by atoms with E-state index in [0.717, 1.165) is 22.6 Å². The Bertz CT molecular complexity index is 743. The smallest absolute Gasteiger partial charge is 0.236 e. The van der Waals surface area contributed by atoms with Gasteiger partial charge in [0.25, 0.3) is 0 Å². The molecule has 1 aliphatic heterocycles. The molecule has 0 bridgehead atoms. The van der Waals surface area contributed by atoms with Crippen LogP contribution < -0.4 is 9.64 Å². The maximum atomic E-state index is 12.4. The Hall–Kier alpha value is -1.71. The van der Waals surface area contributed by atoms with E-state index in [2.05, 4.69) is 0 Å². The summed E-state index contributed by atoms with van der Waals surface area (Å²) in [7, 11) is 1.61. The van der Waals surface area contributed by atoms with Crippen LogP contribution in [-0.4, -0.2) is 13.0 Å². The second-order valence-electron chi connectivity index (χ2n) is 4.91. The first kappa shape index (κ1) is 14.2. The number of amides is 1. The highest BCUT2D eigenvalue weighted by Crippen LogP contribution is 2.42. The molecule has 21 heavy (non-hydrogen) atoms. The molecule has 0 saturated heterocycles. The van der Waals surface area contributed by atoms with Crippen molar-refractivity contribution in [3.05, 3.63) is 51.5 Å². The van der Waals surface area contributed by atoms with Crippen LogP contribution in [0.15, 0.2) is 30.3 Å². The van der Waals surface area contributed by atoms with E-state index in [1.165, 1.54) is 0 Å². The molecule has 1 amide bonds. The fourth-order valence-corrected chi connectivity index (χ4v) is 2.96. The number of rotatable bonds is 2. The Labute approximate surface area is 133 Å². The Morgan fingerprint density at radius 2 is 1.86 bits per heavy atom. The normalized spacial score (nSPS) is 13.5. The highest BCUT2D eigenvalue weighted by Gasteiger charge is 2.30. The molecule has 0 spiro atoms. The van der Waals surface area contributed by atoms with Crippen LogP contribution in [0.4, 0.5) is 11.4 Å². The number of hydrogen-bond donors (Lipinski definition) is 0. The van der Waals surface area contributed by atoms with Crippen molar-refractivity contribution in [2.24, 2.45) is 0 Å². The number of methoxy groups -OCH3 is 1. The van der Waals surface area contributed by atoms with E-state index in [1.807, 2.05) is 25.1 Å². The number of halogens is 2. The molecule has 5 heteroatoms. The summed E-state index contributed by atoms with van der Waals surface area (Å²) in [5.41, 5.74) is 3.20. The van der Waals surface area contributed by atoms with E-state index in [9.17, 15) is 4.79 Å². The lowest BCUT2D eigenvalue weighted by molar-refractivity contribution is -0.116. The van der Waals surface area contributed by atoms with Crippen LogP contribution in [0.1, 0.15) is 11.1 Å². The Morgan fingerprint density at radius 3 is 2.57 bits per heavy atom. The van der Waals surface area contributed by atoms with Crippen molar-refractivity contribution < 1.29 is 9.53 Å². The maximum Gasteiger partial charge on any atom is 0.236 e.